The third kappa shape index (κ3) is 5.12. The highest BCUT2D eigenvalue weighted by atomic mass is 16.5. The second-order valence-electron chi connectivity index (χ2n) is 3.90. The molecule has 0 saturated heterocycles. The Kier molecular flexibility index (Phi) is 6.58. The molecule has 0 fully saturated rings. The number of rotatable bonds is 8. The fourth-order valence-corrected chi connectivity index (χ4v) is 1.53. The molecule has 0 aliphatic heterocycles. The van der Waals surface area contributed by atoms with Crippen molar-refractivity contribution in [3.63, 3.8) is 0 Å². The van der Waals surface area contributed by atoms with Crippen LogP contribution in [0.4, 0.5) is 0 Å². The molecule has 0 aromatic carbocycles. The van der Waals surface area contributed by atoms with Gasteiger partial charge in [-0.15, -0.1) is 0 Å². The summed E-state index contributed by atoms with van der Waals surface area (Å²) in [4.78, 5) is 4.00. The van der Waals surface area contributed by atoms with E-state index in [1.807, 2.05) is 6.07 Å². The zero-order valence-electron chi connectivity index (χ0n) is 9.98. The number of aromatic nitrogens is 1. The predicted molar refractivity (Wildman–Crippen MR) is 64.4 cm³/mol. The summed E-state index contributed by atoms with van der Waals surface area (Å²) in [6.45, 7) is 2.93. The Bertz CT molecular complexity index is 289. The van der Waals surface area contributed by atoms with Crippen LogP contribution in [0, 0.1) is 0 Å². The summed E-state index contributed by atoms with van der Waals surface area (Å²) in [5, 5.41) is 8.91. The molecule has 1 aromatic heterocycles. The highest BCUT2D eigenvalue weighted by Crippen LogP contribution is 2.12. The third-order valence-corrected chi connectivity index (χ3v) is 2.47. The standard InChI is InChI=1S/C13H21NO2/c1-2-3-4-5-6-9-16-13-7-8-14-12(10-13)11-15/h7-8,10,15H,2-6,9,11H2,1H3. The Labute approximate surface area is 97.5 Å². The number of unbranched alkanes of at least 4 members (excludes halogenated alkanes) is 4. The normalized spacial score (nSPS) is 10.4. The van der Waals surface area contributed by atoms with Gasteiger partial charge < -0.3 is 9.84 Å². The van der Waals surface area contributed by atoms with E-state index in [-0.39, 0.29) is 6.61 Å². The van der Waals surface area contributed by atoms with Crippen molar-refractivity contribution >= 4 is 0 Å². The zero-order chi connectivity index (χ0) is 11.6. The van der Waals surface area contributed by atoms with Crippen molar-refractivity contribution in [1.82, 2.24) is 4.98 Å². The lowest BCUT2D eigenvalue weighted by Gasteiger charge is -2.06. The number of aliphatic hydroxyl groups excluding tert-OH is 1. The fourth-order valence-electron chi connectivity index (χ4n) is 1.53. The lowest BCUT2D eigenvalue weighted by atomic mass is 10.2. The summed E-state index contributed by atoms with van der Waals surface area (Å²) in [7, 11) is 0. The van der Waals surface area contributed by atoms with Crippen LogP contribution in [0.2, 0.25) is 0 Å². The molecular weight excluding hydrogens is 202 g/mol. The summed E-state index contributed by atoms with van der Waals surface area (Å²) in [5.74, 6) is 0.801. The average molecular weight is 223 g/mol. The van der Waals surface area contributed by atoms with E-state index in [2.05, 4.69) is 11.9 Å². The third-order valence-electron chi connectivity index (χ3n) is 2.47. The van der Waals surface area contributed by atoms with Crippen LogP contribution < -0.4 is 4.74 Å². The van der Waals surface area contributed by atoms with Gasteiger partial charge in [0.05, 0.1) is 18.9 Å². The molecule has 0 atom stereocenters. The first-order chi connectivity index (χ1) is 7.86. The average Bonchev–Trinajstić information content (AvgIpc) is 2.34. The van der Waals surface area contributed by atoms with Gasteiger partial charge in [0.15, 0.2) is 0 Å². The number of hydrogen-bond donors (Lipinski definition) is 1. The molecule has 0 amide bonds. The topological polar surface area (TPSA) is 42.4 Å². The van der Waals surface area contributed by atoms with Gasteiger partial charge in [-0.25, -0.2) is 0 Å². The molecule has 0 radical (unpaired) electrons. The second-order valence-corrected chi connectivity index (χ2v) is 3.90. The van der Waals surface area contributed by atoms with Crippen LogP contribution in [0.5, 0.6) is 5.75 Å². The lowest BCUT2D eigenvalue weighted by molar-refractivity contribution is 0.273. The van der Waals surface area contributed by atoms with Crippen molar-refractivity contribution in [1.29, 1.82) is 0 Å². The Morgan fingerprint density at radius 2 is 2.06 bits per heavy atom. The Morgan fingerprint density at radius 1 is 1.25 bits per heavy atom. The van der Waals surface area contributed by atoms with Crippen molar-refractivity contribution in [2.24, 2.45) is 0 Å². The summed E-state index contributed by atoms with van der Waals surface area (Å²) in [5.41, 5.74) is 0.656. The number of hydrogen-bond acceptors (Lipinski definition) is 3. The van der Waals surface area contributed by atoms with E-state index < -0.39 is 0 Å². The first-order valence-electron chi connectivity index (χ1n) is 6.05. The molecule has 0 bridgehead atoms. The molecule has 3 heteroatoms. The van der Waals surface area contributed by atoms with Crippen molar-refractivity contribution in [3.8, 4) is 5.75 Å². The van der Waals surface area contributed by atoms with Crippen LogP contribution in [0.15, 0.2) is 18.3 Å². The minimum atomic E-state index is -0.0340. The number of pyridine rings is 1. The highest BCUT2D eigenvalue weighted by Gasteiger charge is 1.97. The molecular formula is C13H21NO2. The fraction of sp³-hybridized carbons (Fsp3) is 0.615. The maximum atomic E-state index is 8.91. The van der Waals surface area contributed by atoms with E-state index >= 15 is 0 Å². The molecule has 90 valence electrons. The minimum absolute atomic E-state index is 0.0340. The van der Waals surface area contributed by atoms with Gasteiger partial charge in [0, 0.05) is 12.3 Å². The van der Waals surface area contributed by atoms with Crippen LogP contribution in [-0.4, -0.2) is 16.7 Å². The van der Waals surface area contributed by atoms with Gasteiger partial charge in [-0.2, -0.15) is 0 Å². The smallest absolute Gasteiger partial charge is 0.122 e. The van der Waals surface area contributed by atoms with Crippen molar-refractivity contribution < 1.29 is 9.84 Å². The highest BCUT2D eigenvalue weighted by molar-refractivity contribution is 5.22. The van der Waals surface area contributed by atoms with E-state index in [4.69, 9.17) is 9.84 Å². The molecule has 1 aromatic rings. The van der Waals surface area contributed by atoms with Crippen molar-refractivity contribution in [2.45, 2.75) is 45.6 Å². The quantitative estimate of drug-likeness (QED) is 0.689. The largest absolute Gasteiger partial charge is 0.493 e. The van der Waals surface area contributed by atoms with Crippen LogP contribution in [0.3, 0.4) is 0 Å². The van der Waals surface area contributed by atoms with E-state index in [0.29, 0.717) is 5.69 Å². The van der Waals surface area contributed by atoms with E-state index in [9.17, 15) is 0 Å². The van der Waals surface area contributed by atoms with Gasteiger partial charge in [-0.1, -0.05) is 32.6 Å². The van der Waals surface area contributed by atoms with Gasteiger partial charge in [0.25, 0.3) is 0 Å². The molecule has 0 unspecified atom stereocenters. The lowest BCUT2D eigenvalue weighted by Crippen LogP contribution is -1.98. The Balaban J connectivity index is 2.16. The second kappa shape index (κ2) is 8.11. The van der Waals surface area contributed by atoms with Crippen LogP contribution in [0.25, 0.3) is 0 Å². The van der Waals surface area contributed by atoms with Gasteiger partial charge in [-0.3, -0.25) is 4.98 Å². The van der Waals surface area contributed by atoms with E-state index in [1.54, 1.807) is 12.3 Å². The monoisotopic (exact) mass is 223 g/mol. The molecule has 0 aliphatic rings. The molecule has 1 N–H and O–H groups in total. The maximum Gasteiger partial charge on any atom is 0.122 e. The molecule has 0 saturated carbocycles. The minimum Gasteiger partial charge on any atom is -0.493 e. The van der Waals surface area contributed by atoms with Crippen molar-refractivity contribution in [2.75, 3.05) is 6.61 Å². The number of nitrogens with zero attached hydrogens (tertiary/aromatic N) is 1. The van der Waals surface area contributed by atoms with Gasteiger partial charge in [-0.05, 0) is 12.5 Å². The molecule has 16 heavy (non-hydrogen) atoms. The summed E-state index contributed by atoms with van der Waals surface area (Å²) >= 11 is 0. The zero-order valence-corrected chi connectivity index (χ0v) is 9.98. The van der Waals surface area contributed by atoms with Gasteiger partial charge >= 0.3 is 0 Å². The molecule has 3 nitrogen and oxygen atoms in total. The first kappa shape index (κ1) is 13.0. The number of aliphatic hydroxyl groups is 1. The van der Waals surface area contributed by atoms with Crippen LogP contribution in [-0.2, 0) is 6.61 Å². The summed E-state index contributed by atoms with van der Waals surface area (Å²) < 4.78 is 5.58. The first-order valence-corrected chi connectivity index (χ1v) is 6.05. The van der Waals surface area contributed by atoms with E-state index in [0.717, 1.165) is 18.8 Å². The summed E-state index contributed by atoms with van der Waals surface area (Å²) in [6.07, 6.45) is 7.85. The maximum absolute atomic E-state index is 8.91. The van der Waals surface area contributed by atoms with Crippen LogP contribution >= 0.6 is 0 Å². The summed E-state index contributed by atoms with van der Waals surface area (Å²) in [6, 6.07) is 3.61. The van der Waals surface area contributed by atoms with E-state index in [1.165, 1.54) is 25.7 Å². The SMILES string of the molecule is CCCCCCCOc1ccnc(CO)c1. The molecule has 1 rings (SSSR count). The Hall–Kier alpha value is -1.09. The molecule has 0 spiro atoms. The van der Waals surface area contributed by atoms with Gasteiger partial charge in [0.1, 0.15) is 5.75 Å². The Morgan fingerprint density at radius 3 is 2.81 bits per heavy atom. The van der Waals surface area contributed by atoms with Gasteiger partial charge in [0.2, 0.25) is 0 Å². The molecule has 0 aliphatic carbocycles. The predicted octanol–water partition coefficient (Wildman–Crippen LogP) is 2.92. The van der Waals surface area contributed by atoms with Crippen molar-refractivity contribution in [3.05, 3.63) is 24.0 Å². The number of ether oxygens (including phenoxy) is 1. The van der Waals surface area contributed by atoms with Crippen LogP contribution in [0.1, 0.15) is 44.7 Å². The molecule has 1 heterocycles.